The van der Waals surface area contributed by atoms with Crippen LogP contribution in [0.4, 0.5) is 5.69 Å². The van der Waals surface area contributed by atoms with Crippen LogP contribution in [0.5, 0.6) is 0 Å². The summed E-state index contributed by atoms with van der Waals surface area (Å²) < 4.78 is 26.9. The van der Waals surface area contributed by atoms with Crippen LogP contribution < -0.4 is 10.6 Å². The molecule has 0 aromatic heterocycles. The van der Waals surface area contributed by atoms with Crippen molar-refractivity contribution in [1.82, 2.24) is 9.62 Å². The van der Waals surface area contributed by atoms with Crippen LogP contribution in [0.3, 0.4) is 0 Å². The highest BCUT2D eigenvalue weighted by Crippen LogP contribution is 2.24. The third kappa shape index (κ3) is 5.35. The number of benzene rings is 2. The van der Waals surface area contributed by atoms with Crippen molar-refractivity contribution in [2.75, 3.05) is 25.0 Å². The SMILES string of the molecule is O=C(CNC(=O)[C@H]1CCCN(S(=O)(=O)c2ccccc2)C1)Nc1ccccc1Cl. The van der Waals surface area contributed by atoms with Crippen molar-refractivity contribution < 1.29 is 18.0 Å². The Morgan fingerprint density at radius 1 is 1.07 bits per heavy atom. The first-order chi connectivity index (χ1) is 13.9. The van der Waals surface area contributed by atoms with Crippen molar-refractivity contribution in [1.29, 1.82) is 0 Å². The smallest absolute Gasteiger partial charge is 0.243 e. The van der Waals surface area contributed by atoms with Gasteiger partial charge in [-0.25, -0.2) is 8.42 Å². The van der Waals surface area contributed by atoms with Gasteiger partial charge in [0.25, 0.3) is 0 Å². The number of anilines is 1. The number of halogens is 1. The second-order valence-corrected chi connectivity index (χ2v) is 9.11. The quantitative estimate of drug-likeness (QED) is 0.728. The zero-order valence-corrected chi connectivity index (χ0v) is 17.2. The van der Waals surface area contributed by atoms with Gasteiger partial charge in [-0.15, -0.1) is 0 Å². The second kappa shape index (κ2) is 9.39. The third-order valence-corrected chi connectivity index (χ3v) is 6.92. The predicted molar refractivity (Wildman–Crippen MR) is 111 cm³/mol. The third-order valence-electron chi connectivity index (χ3n) is 4.71. The Labute approximate surface area is 175 Å². The number of amides is 2. The van der Waals surface area contributed by atoms with Gasteiger partial charge in [0, 0.05) is 13.1 Å². The van der Waals surface area contributed by atoms with Gasteiger partial charge in [0.1, 0.15) is 0 Å². The number of hydrogen-bond donors (Lipinski definition) is 2. The Kier molecular flexibility index (Phi) is 6.89. The lowest BCUT2D eigenvalue weighted by atomic mass is 9.99. The van der Waals surface area contributed by atoms with Crippen molar-refractivity contribution in [2.45, 2.75) is 17.7 Å². The molecule has 1 atom stereocenters. The first kappa shape index (κ1) is 21.3. The lowest BCUT2D eigenvalue weighted by Gasteiger charge is -2.31. The van der Waals surface area contributed by atoms with Crippen LogP contribution in [0.15, 0.2) is 59.5 Å². The highest BCUT2D eigenvalue weighted by atomic mass is 35.5. The molecule has 0 unspecified atom stereocenters. The predicted octanol–water partition coefficient (Wildman–Crippen LogP) is 2.50. The van der Waals surface area contributed by atoms with Crippen LogP contribution in [0.2, 0.25) is 5.02 Å². The van der Waals surface area contributed by atoms with E-state index in [9.17, 15) is 18.0 Å². The molecule has 2 aromatic carbocycles. The van der Waals surface area contributed by atoms with Gasteiger partial charge in [-0.2, -0.15) is 4.31 Å². The summed E-state index contributed by atoms with van der Waals surface area (Å²) in [5, 5.41) is 5.62. The molecular weight excluding hydrogens is 414 g/mol. The Morgan fingerprint density at radius 2 is 1.76 bits per heavy atom. The van der Waals surface area contributed by atoms with Crippen LogP contribution in [-0.2, 0) is 19.6 Å². The van der Waals surface area contributed by atoms with E-state index in [1.165, 1.54) is 16.4 Å². The number of hydrogen-bond acceptors (Lipinski definition) is 4. The summed E-state index contributed by atoms with van der Waals surface area (Å²) >= 11 is 6.00. The van der Waals surface area contributed by atoms with Crippen molar-refractivity contribution in [3.05, 3.63) is 59.6 Å². The van der Waals surface area contributed by atoms with Crippen LogP contribution in [0.1, 0.15) is 12.8 Å². The summed E-state index contributed by atoms with van der Waals surface area (Å²) in [7, 11) is -3.65. The molecule has 1 aliphatic rings. The number of rotatable bonds is 6. The van der Waals surface area contributed by atoms with Crippen LogP contribution in [-0.4, -0.2) is 44.2 Å². The zero-order valence-electron chi connectivity index (χ0n) is 15.7. The number of carbonyl (C=O) groups excluding carboxylic acids is 2. The van der Waals surface area contributed by atoms with Crippen molar-refractivity contribution >= 4 is 39.1 Å². The lowest BCUT2D eigenvalue weighted by Crippen LogP contribution is -2.46. The molecule has 0 spiro atoms. The molecule has 2 aromatic rings. The molecule has 9 heteroatoms. The van der Waals surface area contributed by atoms with E-state index in [1.54, 1.807) is 42.5 Å². The molecule has 1 saturated heterocycles. The van der Waals surface area contributed by atoms with E-state index in [1.807, 2.05) is 0 Å². The average molecular weight is 436 g/mol. The summed E-state index contributed by atoms with van der Waals surface area (Å²) in [6, 6.07) is 15.0. The van der Waals surface area contributed by atoms with E-state index in [0.29, 0.717) is 30.1 Å². The van der Waals surface area contributed by atoms with Gasteiger partial charge in [0.05, 0.1) is 28.1 Å². The van der Waals surface area contributed by atoms with Gasteiger partial charge < -0.3 is 10.6 Å². The van der Waals surface area contributed by atoms with Crippen LogP contribution >= 0.6 is 11.6 Å². The summed E-state index contributed by atoms with van der Waals surface area (Å²) in [6.07, 6.45) is 1.15. The van der Waals surface area contributed by atoms with Crippen molar-refractivity contribution in [3.63, 3.8) is 0 Å². The van der Waals surface area contributed by atoms with E-state index in [2.05, 4.69) is 10.6 Å². The number of sulfonamides is 1. The fourth-order valence-electron chi connectivity index (χ4n) is 3.18. The molecule has 2 amide bonds. The molecule has 0 radical (unpaired) electrons. The zero-order chi connectivity index (χ0) is 20.9. The Bertz CT molecular complexity index is 982. The van der Waals surface area contributed by atoms with Gasteiger partial charge in [0.2, 0.25) is 21.8 Å². The average Bonchev–Trinajstić information content (AvgIpc) is 2.74. The minimum absolute atomic E-state index is 0.0925. The first-order valence-electron chi connectivity index (χ1n) is 9.25. The fraction of sp³-hybridized carbons (Fsp3) is 0.300. The molecule has 2 N–H and O–H groups in total. The van der Waals surface area contributed by atoms with Gasteiger partial charge in [-0.05, 0) is 37.1 Å². The highest BCUT2D eigenvalue weighted by Gasteiger charge is 2.33. The van der Waals surface area contributed by atoms with E-state index in [-0.39, 0.29) is 23.9 Å². The normalized spacial score (nSPS) is 17.5. The first-order valence-corrected chi connectivity index (χ1v) is 11.1. The molecule has 0 saturated carbocycles. The maximum Gasteiger partial charge on any atom is 0.243 e. The van der Waals surface area contributed by atoms with Crippen molar-refractivity contribution in [2.24, 2.45) is 5.92 Å². The second-order valence-electron chi connectivity index (χ2n) is 6.76. The molecule has 0 aliphatic carbocycles. The van der Waals surface area contributed by atoms with Crippen LogP contribution in [0.25, 0.3) is 0 Å². The summed E-state index contributed by atoms with van der Waals surface area (Å²) in [5.74, 6) is -1.25. The maximum absolute atomic E-state index is 12.8. The number of carbonyl (C=O) groups is 2. The molecule has 1 aliphatic heterocycles. The van der Waals surface area contributed by atoms with Gasteiger partial charge in [-0.3, -0.25) is 9.59 Å². The van der Waals surface area contributed by atoms with Gasteiger partial charge in [0.15, 0.2) is 0 Å². The molecule has 29 heavy (non-hydrogen) atoms. The molecule has 7 nitrogen and oxygen atoms in total. The molecule has 154 valence electrons. The summed E-state index contributed by atoms with van der Waals surface area (Å²) in [6.45, 7) is 0.245. The van der Waals surface area contributed by atoms with E-state index < -0.39 is 21.8 Å². The standard InChI is InChI=1S/C20H22ClN3O4S/c21-17-10-4-5-11-18(17)23-19(25)13-22-20(26)15-7-6-12-24(14-15)29(27,28)16-8-2-1-3-9-16/h1-5,8-11,15H,6-7,12-14H2,(H,22,26)(H,23,25)/t15-/m0/s1. The topological polar surface area (TPSA) is 95.6 Å². The van der Waals surface area contributed by atoms with E-state index in [4.69, 9.17) is 11.6 Å². The number of nitrogens with one attached hydrogen (secondary N) is 2. The Hall–Kier alpha value is -2.42. The number of nitrogens with zero attached hydrogens (tertiary/aromatic N) is 1. The number of piperidine rings is 1. The molecule has 1 fully saturated rings. The highest BCUT2D eigenvalue weighted by molar-refractivity contribution is 7.89. The molecule has 1 heterocycles. The minimum atomic E-state index is -3.65. The summed E-state index contributed by atoms with van der Waals surface area (Å²) in [4.78, 5) is 24.8. The van der Waals surface area contributed by atoms with Crippen molar-refractivity contribution in [3.8, 4) is 0 Å². The Morgan fingerprint density at radius 3 is 2.48 bits per heavy atom. The van der Waals surface area contributed by atoms with Gasteiger partial charge >= 0.3 is 0 Å². The van der Waals surface area contributed by atoms with Crippen LogP contribution in [0, 0.1) is 5.92 Å². The van der Waals surface area contributed by atoms with Gasteiger partial charge in [-0.1, -0.05) is 41.9 Å². The lowest BCUT2D eigenvalue weighted by molar-refractivity contribution is -0.128. The van der Waals surface area contributed by atoms with E-state index >= 15 is 0 Å². The maximum atomic E-state index is 12.8. The van der Waals surface area contributed by atoms with E-state index in [0.717, 1.165) is 0 Å². The largest absolute Gasteiger partial charge is 0.347 e. The molecular formula is C20H22ClN3O4S. The minimum Gasteiger partial charge on any atom is -0.347 e. The monoisotopic (exact) mass is 435 g/mol. The Balaban J connectivity index is 1.56. The summed E-state index contributed by atoms with van der Waals surface area (Å²) in [5.41, 5.74) is 0.464. The fourth-order valence-corrected chi connectivity index (χ4v) is 4.91. The number of para-hydroxylation sites is 1. The molecule has 0 bridgehead atoms. The molecule has 3 rings (SSSR count).